The van der Waals surface area contributed by atoms with E-state index in [1.807, 2.05) is 19.1 Å². The highest BCUT2D eigenvalue weighted by Gasteiger charge is 2.25. The summed E-state index contributed by atoms with van der Waals surface area (Å²) in [5.41, 5.74) is 1.81. The van der Waals surface area contributed by atoms with Gasteiger partial charge < -0.3 is 10.2 Å². The molecular formula is C23H28ClN3O4S. The summed E-state index contributed by atoms with van der Waals surface area (Å²) >= 11 is 7.37. The third-order valence-corrected chi connectivity index (χ3v) is 6.14. The Hall–Kier alpha value is -2.58. The number of nitro groups is 1. The number of rotatable bonds is 12. The molecule has 0 aliphatic rings. The topological polar surface area (TPSA) is 92.6 Å². The minimum Gasteiger partial charge on any atom is -0.354 e. The molecule has 1 atom stereocenters. The maximum absolute atomic E-state index is 13.0. The zero-order chi connectivity index (χ0) is 23.5. The summed E-state index contributed by atoms with van der Waals surface area (Å²) < 4.78 is 0. The van der Waals surface area contributed by atoms with Crippen LogP contribution in [0, 0.1) is 10.1 Å². The van der Waals surface area contributed by atoms with Crippen molar-refractivity contribution in [3.8, 4) is 0 Å². The van der Waals surface area contributed by atoms with E-state index in [1.165, 1.54) is 23.9 Å². The van der Waals surface area contributed by atoms with Gasteiger partial charge in [-0.05, 0) is 36.6 Å². The van der Waals surface area contributed by atoms with Gasteiger partial charge in [-0.1, -0.05) is 49.2 Å². The van der Waals surface area contributed by atoms with Crippen LogP contribution in [0.25, 0.3) is 0 Å². The van der Waals surface area contributed by atoms with Crippen LogP contribution in [0.2, 0.25) is 5.02 Å². The van der Waals surface area contributed by atoms with Crippen molar-refractivity contribution in [2.45, 2.75) is 45.0 Å². The zero-order valence-corrected chi connectivity index (χ0v) is 19.8. The number of hydrogen-bond acceptors (Lipinski definition) is 5. The number of carbonyl (C=O) groups excluding carboxylic acids is 2. The molecular weight excluding hydrogens is 450 g/mol. The summed E-state index contributed by atoms with van der Waals surface area (Å²) in [4.78, 5) is 37.5. The number of benzene rings is 2. The average molecular weight is 478 g/mol. The molecule has 0 fully saturated rings. The molecule has 0 saturated carbocycles. The molecule has 2 aromatic carbocycles. The second kappa shape index (κ2) is 13.1. The van der Waals surface area contributed by atoms with Gasteiger partial charge in [0.2, 0.25) is 11.8 Å². The molecule has 1 N–H and O–H groups in total. The van der Waals surface area contributed by atoms with Crippen LogP contribution in [0.3, 0.4) is 0 Å². The van der Waals surface area contributed by atoms with E-state index in [1.54, 1.807) is 36.1 Å². The van der Waals surface area contributed by atoms with Crippen LogP contribution < -0.4 is 5.32 Å². The van der Waals surface area contributed by atoms with Gasteiger partial charge in [0.05, 0.1) is 10.7 Å². The summed E-state index contributed by atoms with van der Waals surface area (Å²) in [5.74, 6) is 0.401. The van der Waals surface area contributed by atoms with E-state index < -0.39 is 11.0 Å². The molecule has 0 spiro atoms. The zero-order valence-electron chi connectivity index (χ0n) is 18.3. The molecule has 0 saturated heterocycles. The molecule has 0 bridgehead atoms. The number of unbranched alkanes of at least 4 members (excludes halogenated alkanes) is 1. The molecule has 7 nitrogen and oxygen atoms in total. The van der Waals surface area contributed by atoms with Crippen LogP contribution in [0.4, 0.5) is 5.69 Å². The number of nitrogens with one attached hydrogen (secondary N) is 1. The highest BCUT2D eigenvalue weighted by molar-refractivity contribution is 7.99. The average Bonchev–Trinajstić information content (AvgIpc) is 2.78. The normalized spacial score (nSPS) is 11.6. The Balaban J connectivity index is 2.02. The first-order valence-electron chi connectivity index (χ1n) is 10.4. The Morgan fingerprint density at radius 3 is 2.34 bits per heavy atom. The first-order valence-corrected chi connectivity index (χ1v) is 12.0. The first-order chi connectivity index (χ1) is 15.3. The Morgan fingerprint density at radius 2 is 1.75 bits per heavy atom. The van der Waals surface area contributed by atoms with Crippen molar-refractivity contribution >= 4 is 40.9 Å². The molecule has 9 heteroatoms. The predicted molar refractivity (Wildman–Crippen MR) is 129 cm³/mol. The van der Waals surface area contributed by atoms with E-state index in [9.17, 15) is 19.7 Å². The van der Waals surface area contributed by atoms with E-state index in [2.05, 4.69) is 5.32 Å². The highest BCUT2D eigenvalue weighted by Crippen LogP contribution is 2.19. The highest BCUT2D eigenvalue weighted by atomic mass is 35.5. The number of amides is 2. The summed E-state index contributed by atoms with van der Waals surface area (Å²) in [6.45, 7) is 4.66. The number of nitrogens with zero attached hydrogens (tertiary/aromatic N) is 2. The number of non-ortho nitro benzene ring substituents is 1. The van der Waals surface area contributed by atoms with Gasteiger partial charge in [0.15, 0.2) is 0 Å². The van der Waals surface area contributed by atoms with Gasteiger partial charge >= 0.3 is 0 Å². The lowest BCUT2D eigenvalue weighted by atomic mass is 10.1. The molecule has 2 aromatic rings. The fraction of sp³-hybridized carbons (Fsp3) is 0.391. The fourth-order valence-electron chi connectivity index (χ4n) is 2.96. The molecule has 0 aliphatic heterocycles. The number of halogens is 1. The van der Waals surface area contributed by atoms with Gasteiger partial charge in [-0.25, -0.2) is 0 Å². The summed E-state index contributed by atoms with van der Waals surface area (Å²) in [6, 6.07) is 12.9. The summed E-state index contributed by atoms with van der Waals surface area (Å²) in [5, 5.41) is 14.3. The number of nitro benzene ring substituents is 1. The maximum atomic E-state index is 13.0. The lowest BCUT2D eigenvalue weighted by Gasteiger charge is -2.29. The van der Waals surface area contributed by atoms with Gasteiger partial charge in [0, 0.05) is 36.0 Å². The molecule has 0 aliphatic carbocycles. The van der Waals surface area contributed by atoms with Crippen LogP contribution >= 0.6 is 23.4 Å². The maximum Gasteiger partial charge on any atom is 0.269 e. The SMILES string of the molecule is CCCCNC(=O)[C@H](C)N(Cc1ccc(Cl)cc1)C(=O)CSCc1ccc([N+](=O)[O-])cc1. The van der Waals surface area contributed by atoms with E-state index in [0.29, 0.717) is 23.9 Å². The van der Waals surface area contributed by atoms with E-state index in [-0.39, 0.29) is 23.3 Å². The Bertz CT molecular complexity index is 906. The van der Waals surface area contributed by atoms with Crippen molar-refractivity contribution in [1.29, 1.82) is 0 Å². The third kappa shape index (κ3) is 8.16. The second-order valence-corrected chi connectivity index (χ2v) is 8.81. The molecule has 172 valence electrons. The van der Waals surface area contributed by atoms with Gasteiger partial charge in [0.1, 0.15) is 6.04 Å². The van der Waals surface area contributed by atoms with Gasteiger partial charge in [-0.2, -0.15) is 0 Å². The van der Waals surface area contributed by atoms with Crippen molar-refractivity contribution in [2.24, 2.45) is 0 Å². The van der Waals surface area contributed by atoms with Crippen molar-refractivity contribution in [3.63, 3.8) is 0 Å². The first kappa shape index (κ1) is 25.7. The summed E-state index contributed by atoms with van der Waals surface area (Å²) in [6.07, 6.45) is 1.86. The Kier molecular flexibility index (Phi) is 10.5. The minimum atomic E-state index is -0.616. The Labute approximate surface area is 197 Å². The minimum absolute atomic E-state index is 0.0341. The third-order valence-electron chi connectivity index (χ3n) is 4.90. The van der Waals surface area contributed by atoms with Crippen molar-refractivity contribution < 1.29 is 14.5 Å². The number of hydrogen-bond donors (Lipinski definition) is 1. The number of thioether (sulfide) groups is 1. The molecule has 2 amide bonds. The van der Waals surface area contributed by atoms with E-state index in [4.69, 9.17) is 11.6 Å². The quantitative estimate of drug-likeness (QED) is 0.269. The predicted octanol–water partition coefficient (Wildman–Crippen LogP) is 4.82. The molecule has 0 radical (unpaired) electrons. The van der Waals surface area contributed by atoms with E-state index >= 15 is 0 Å². The van der Waals surface area contributed by atoms with Crippen LogP contribution in [-0.2, 0) is 21.9 Å². The summed E-state index contributed by atoms with van der Waals surface area (Å²) in [7, 11) is 0. The molecule has 0 unspecified atom stereocenters. The monoisotopic (exact) mass is 477 g/mol. The number of carbonyl (C=O) groups is 2. The van der Waals surface area contributed by atoms with Crippen LogP contribution in [-0.4, -0.2) is 40.0 Å². The lowest BCUT2D eigenvalue weighted by Crippen LogP contribution is -2.48. The lowest BCUT2D eigenvalue weighted by molar-refractivity contribution is -0.384. The Morgan fingerprint density at radius 1 is 1.12 bits per heavy atom. The van der Waals surface area contributed by atoms with Gasteiger partial charge in [-0.3, -0.25) is 19.7 Å². The molecule has 32 heavy (non-hydrogen) atoms. The largest absolute Gasteiger partial charge is 0.354 e. The van der Waals surface area contributed by atoms with Crippen LogP contribution in [0.15, 0.2) is 48.5 Å². The van der Waals surface area contributed by atoms with Gasteiger partial charge in [-0.15, -0.1) is 11.8 Å². The van der Waals surface area contributed by atoms with Crippen molar-refractivity contribution in [1.82, 2.24) is 10.2 Å². The second-order valence-electron chi connectivity index (χ2n) is 7.39. The van der Waals surface area contributed by atoms with Crippen LogP contribution in [0.5, 0.6) is 0 Å². The smallest absolute Gasteiger partial charge is 0.269 e. The molecule has 2 rings (SSSR count). The standard InChI is InChI=1S/C23H28ClN3O4S/c1-3-4-13-25-23(29)17(2)26(14-18-5-9-20(24)10-6-18)22(28)16-32-15-19-7-11-21(12-8-19)27(30)31/h5-12,17H,3-4,13-16H2,1-2H3,(H,25,29)/t17-/m0/s1. The van der Waals surface area contributed by atoms with Crippen molar-refractivity contribution in [2.75, 3.05) is 12.3 Å². The van der Waals surface area contributed by atoms with Crippen molar-refractivity contribution in [3.05, 3.63) is 74.8 Å². The van der Waals surface area contributed by atoms with Gasteiger partial charge in [0.25, 0.3) is 5.69 Å². The molecule has 0 aromatic heterocycles. The fourth-order valence-corrected chi connectivity index (χ4v) is 3.95. The van der Waals surface area contributed by atoms with E-state index in [0.717, 1.165) is 24.0 Å². The molecule has 0 heterocycles. The van der Waals surface area contributed by atoms with Crippen LogP contribution in [0.1, 0.15) is 37.8 Å².